The first-order chi connectivity index (χ1) is 6.79. The van der Waals surface area contributed by atoms with Crippen molar-refractivity contribution in [2.24, 2.45) is 0 Å². The summed E-state index contributed by atoms with van der Waals surface area (Å²) < 4.78 is 0. The van der Waals surface area contributed by atoms with Crippen LogP contribution in [-0.4, -0.2) is 36.0 Å². The fraction of sp³-hybridized carbons (Fsp3) is 0.909. The van der Waals surface area contributed by atoms with Crippen molar-refractivity contribution < 1.29 is 4.79 Å². The number of rotatable bonds is 0. The molecule has 14 heavy (non-hydrogen) atoms. The van der Waals surface area contributed by atoms with Gasteiger partial charge in [-0.1, -0.05) is 6.42 Å². The van der Waals surface area contributed by atoms with Gasteiger partial charge >= 0.3 is 0 Å². The first-order valence-corrected chi connectivity index (χ1v) is 5.79. The highest BCUT2D eigenvalue weighted by molar-refractivity contribution is 5.73. The monoisotopic (exact) mass is 196 g/mol. The van der Waals surface area contributed by atoms with Crippen molar-refractivity contribution in [3.8, 4) is 0 Å². The van der Waals surface area contributed by atoms with Crippen molar-refractivity contribution in [3.05, 3.63) is 0 Å². The normalized spacial score (nSPS) is 33.4. The molecule has 2 aliphatic heterocycles. The van der Waals surface area contributed by atoms with Crippen molar-refractivity contribution >= 4 is 5.91 Å². The highest BCUT2D eigenvalue weighted by atomic mass is 16.2. The molecule has 80 valence electrons. The number of piperidine rings is 1. The molecule has 0 bridgehead atoms. The van der Waals surface area contributed by atoms with Gasteiger partial charge in [-0.2, -0.15) is 0 Å². The molecular formula is C11H20N2O. The fourth-order valence-corrected chi connectivity index (χ4v) is 2.81. The Bertz CT molecular complexity index is 217. The molecule has 2 saturated heterocycles. The van der Waals surface area contributed by atoms with Crippen molar-refractivity contribution in [3.63, 3.8) is 0 Å². The van der Waals surface area contributed by atoms with Crippen LogP contribution in [0.3, 0.4) is 0 Å². The molecule has 0 radical (unpaired) electrons. The molecule has 1 amide bonds. The van der Waals surface area contributed by atoms with Crippen LogP contribution < -0.4 is 5.32 Å². The van der Waals surface area contributed by atoms with Crippen LogP contribution in [0.2, 0.25) is 0 Å². The summed E-state index contributed by atoms with van der Waals surface area (Å²) >= 11 is 0. The van der Waals surface area contributed by atoms with Gasteiger partial charge in [0.15, 0.2) is 0 Å². The van der Waals surface area contributed by atoms with E-state index in [0.717, 1.165) is 13.1 Å². The second-order valence-corrected chi connectivity index (χ2v) is 4.48. The van der Waals surface area contributed by atoms with Crippen molar-refractivity contribution in [1.82, 2.24) is 10.2 Å². The van der Waals surface area contributed by atoms with Gasteiger partial charge in [-0.3, -0.25) is 4.79 Å². The van der Waals surface area contributed by atoms with Crippen LogP contribution in [-0.2, 0) is 4.79 Å². The van der Waals surface area contributed by atoms with Crippen LogP contribution in [0.25, 0.3) is 0 Å². The summed E-state index contributed by atoms with van der Waals surface area (Å²) in [6.07, 6.45) is 6.09. The molecule has 2 rings (SSSR count). The molecule has 3 heteroatoms. The molecule has 0 aromatic rings. The quantitative estimate of drug-likeness (QED) is 0.630. The third-order valence-electron chi connectivity index (χ3n) is 3.52. The summed E-state index contributed by atoms with van der Waals surface area (Å²) in [4.78, 5) is 13.6. The number of hydrogen-bond donors (Lipinski definition) is 1. The highest BCUT2D eigenvalue weighted by Gasteiger charge is 2.32. The minimum Gasteiger partial charge on any atom is -0.338 e. The molecular weight excluding hydrogens is 176 g/mol. The van der Waals surface area contributed by atoms with Gasteiger partial charge in [-0.15, -0.1) is 0 Å². The topological polar surface area (TPSA) is 32.3 Å². The Hall–Kier alpha value is -0.570. The number of carbonyl (C=O) groups excluding carboxylic acids is 1. The van der Waals surface area contributed by atoms with Crippen LogP contribution in [0.4, 0.5) is 0 Å². The van der Waals surface area contributed by atoms with Crippen molar-refractivity contribution in [2.45, 2.75) is 51.1 Å². The molecule has 0 spiro atoms. The lowest BCUT2D eigenvalue weighted by Crippen LogP contribution is -2.53. The van der Waals surface area contributed by atoms with E-state index in [1.54, 1.807) is 6.92 Å². The van der Waals surface area contributed by atoms with E-state index in [1.807, 2.05) is 0 Å². The number of likely N-dealkylation sites (tertiary alicyclic amines) is 1. The maximum Gasteiger partial charge on any atom is 0.219 e. The lowest BCUT2D eigenvalue weighted by atomic mass is 9.95. The van der Waals surface area contributed by atoms with E-state index in [9.17, 15) is 4.79 Å². The Morgan fingerprint density at radius 3 is 2.93 bits per heavy atom. The maximum atomic E-state index is 11.5. The molecule has 2 atom stereocenters. The molecule has 2 heterocycles. The standard InChI is InChI=1S/C11H20N2O/c1-9(14)13-8-3-2-5-10-11(13)6-4-7-12-10/h10-12H,2-8H2,1H3/t10-,11-/m1/s1. The predicted octanol–water partition coefficient (Wildman–Crippen LogP) is 1.14. The van der Waals surface area contributed by atoms with E-state index in [4.69, 9.17) is 0 Å². The Kier molecular flexibility index (Phi) is 3.06. The van der Waals surface area contributed by atoms with E-state index in [0.29, 0.717) is 12.1 Å². The second-order valence-electron chi connectivity index (χ2n) is 4.48. The van der Waals surface area contributed by atoms with E-state index in [1.165, 1.54) is 32.1 Å². The number of amides is 1. The lowest BCUT2D eigenvalue weighted by molar-refractivity contribution is -0.132. The summed E-state index contributed by atoms with van der Waals surface area (Å²) in [7, 11) is 0. The zero-order valence-electron chi connectivity index (χ0n) is 8.96. The van der Waals surface area contributed by atoms with Crippen molar-refractivity contribution in [2.75, 3.05) is 13.1 Å². The van der Waals surface area contributed by atoms with Gasteiger partial charge in [0.2, 0.25) is 5.91 Å². The molecule has 3 nitrogen and oxygen atoms in total. The SMILES string of the molecule is CC(=O)N1CCCC[C@H]2NCCC[C@H]21. The summed E-state index contributed by atoms with van der Waals surface area (Å²) in [5.74, 6) is 0.255. The summed E-state index contributed by atoms with van der Waals surface area (Å²) in [5, 5.41) is 3.55. The van der Waals surface area contributed by atoms with Gasteiger partial charge in [-0.05, 0) is 32.2 Å². The Balaban J connectivity index is 2.10. The van der Waals surface area contributed by atoms with Gasteiger partial charge in [-0.25, -0.2) is 0 Å². The van der Waals surface area contributed by atoms with Crippen molar-refractivity contribution in [1.29, 1.82) is 0 Å². The van der Waals surface area contributed by atoms with Gasteiger partial charge < -0.3 is 10.2 Å². The fourth-order valence-electron chi connectivity index (χ4n) is 2.81. The Labute approximate surface area is 85.8 Å². The number of nitrogens with one attached hydrogen (secondary N) is 1. The highest BCUT2D eigenvalue weighted by Crippen LogP contribution is 2.23. The Morgan fingerprint density at radius 1 is 1.29 bits per heavy atom. The van der Waals surface area contributed by atoms with Gasteiger partial charge in [0.25, 0.3) is 0 Å². The average molecular weight is 196 g/mol. The van der Waals surface area contributed by atoms with E-state index < -0.39 is 0 Å². The van der Waals surface area contributed by atoms with Crippen LogP contribution in [0, 0.1) is 0 Å². The lowest BCUT2D eigenvalue weighted by Gasteiger charge is -2.38. The molecule has 0 aromatic carbocycles. The van der Waals surface area contributed by atoms with E-state index >= 15 is 0 Å². The Morgan fingerprint density at radius 2 is 2.14 bits per heavy atom. The van der Waals surface area contributed by atoms with Crippen LogP contribution >= 0.6 is 0 Å². The largest absolute Gasteiger partial charge is 0.338 e. The zero-order valence-corrected chi connectivity index (χ0v) is 8.96. The predicted molar refractivity (Wildman–Crippen MR) is 56.1 cm³/mol. The zero-order chi connectivity index (χ0) is 9.97. The smallest absolute Gasteiger partial charge is 0.219 e. The molecule has 0 aromatic heterocycles. The second kappa shape index (κ2) is 4.30. The van der Waals surface area contributed by atoms with E-state index in [-0.39, 0.29) is 5.91 Å². The maximum absolute atomic E-state index is 11.5. The number of nitrogens with zero attached hydrogens (tertiary/aromatic N) is 1. The average Bonchev–Trinajstić information content (AvgIpc) is 2.39. The van der Waals surface area contributed by atoms with Crippen LogP contribution in [0.15, 0.2) is 0 Å². The van der Waals surface area contributed by atoms with Gasteiger partial charge in [0.05, 0.1) is 0 Å². The summed E-state index contributed by atoms with van der Waals surface area (Å²) in [6.45, 7) is 3.81. The minimum absolute atomic E-state index is 0.255. The molecule has 0 saturated carbocycles. The molecule has 1 N–H and O–H groups in total. The number of carbonyl (C=O) groups is 1. The summed E-state index contributed by atoms with van der Waals surface area (Å²) in [6, 6.07) is 1.04. The number of hydrogen-bond acceptors (Lipinski definition) is 2. The van der Waals surface area contributed by atoms with Crippen LogP contribution in [0.1, 0.15) is 39.0 Å². The molecule has 0 aliphatic carbocycles. The molecule has 2 fully saturated rings. The number of fused-ring (bicyclic) bond motifs is 1. The minimum atomic E-state index is 0.255. The van der Waals surface area contributed by atoms with Gasteiger partial charge in [0.1, 0.15) is 0 Å². The third-order valence-corrected chi connectivity index (χ3v) is 3.52. The first-order valence-electron chi connectivity index (χ1n) is 5.79. The first kappa shape index (κ1) is 9.97. The molecule has 0 unspecified atom stereocenters. The summed E-state index contributed by atoms with van der Waals surface area (Å²) in [5.41, 5.74) is 0. The van der Waals surface area contributed by atoms with Gasteiger partial charge in [0, 0.05) is 25.6 Å². The van der Waals surface area contributed by atoms with E-state index in [2.05, 4.69) is 10.2 Å². The third kappa shape index (κ3) is 1.92. The van der Waals surface area contributed by atoms with Crippen LogP contribution in [0.5, 0.6) is 0 Å². The molecule has 2 aliphatic rings.